The van der Waals surface area contributed by atoms with E-state index >= 15 is 0 Å². The third-order valence-electron chi connectivity index (χ3n) is 3.68. The molecule has 0 saturated carbocycles. The SMILES string of the molecule is Cc1cc(C(C)n2c(=S)[nH]c3cc(Br)c(F)cc32)c(C)s1. The summed E-state index contributed by atoms with van der Waals surface area (Å²) in [5, 5.41) is 0. The standard InChI is InChI=1S/C15H14BrFN2S2/c1-7-4-10(9(3)21-7)8(2)19-14-6-12(17)11(16)5-13(14)18-15(19)20/h4-6,8H,1-3H3,(H,18,20). The Balaban J connectivity index is 2.24. The van der Waals surface area contributed by atoms with E-state index in [1.807, 2.05) is 4.57 Å². The lowest BCUT2D eigenvalue weighted by Crippen LogP contribution is -2.07. The average molecular weight is 385 g/mol. The molecule has 0 amide bonds. The molecule has 2 nitrogen and oxygen atoms in total. The molecule has 0 fully saturated rings. The molecule has 1 N–H and O–H groups in total. The van der Waals surface area contributed by atoms with Gasteiger partial charge in [0.2, 0.25) is 0 Å². The fourth-order valence-corrected chi connectivity index (χ4v) is 4.44. The van der Waals surface area contributed by atoms with Crippen molar-refractivity contribution >= 4 is 50.5 Å². The highest BCUT2D eigenvalue weighted by atomic mass is 79.9. The second-order valence-corrected chi connectivity index (χ2v) is 7.83. The largest absolute Gasteiger partial charge is 0.331 e. The Bertz CT molecular complexity index is 891. The second kappa shape index (κ2) is 5.34. The minimum absolute atomic E-state index is 0.0665. The van der Waals surface area contributed by atoms with E-state index in [0.29, 0.717) is 9.24 Å². The highest BCUT2D eigenvalue weighted by molar-refractivity contribution is 9.10. The molecular formula is C15H14BrFN2S2. The summed E-state index contributed by atoms with van der Waals surface area (Å²) in [6.45, 7) is 6.30. The Morgan fingerprint density at radius 1 is 1.33 bits per heavy atom. The zero-order chi connectivity index (χ0) is 15.3. The van der Waals surface area contributed by atoms with Crippen LogP contribution in [0.2, 0.25) is 0 Å². The van der Waals surface area contributed by atoms with Crippen molar-refractivity contribution in [3.8, 4) is 0 Å². The predicted octanol–water partition coefficient (Wildman–Crippen LogP) is 5.89. The molecule has 1 atom stereocenters. The third-order valence-corrected chi connectivity index (χ3v) is 5.56. The van der Waals surface area contributed by atoms with Crippen molar-refractivity contribution in [1.29, 1.82) is 0 Å². The van der Waals surface area contributed by atoms with Gasteiger partial charge in [-0.05, 0) is 66.6 Å². The Kier molecular flexibility index (Phi) is 3.80. The fraction of sp³-hybridized carbons (Fsp3) is 0.267. The van der Waals surface area contributed by atoms with E-state index in [-0.39, 0.29) is 11.9 Å². The molecule has 0 bridgehead atoms. The molecule has 2 heterocycles. The number of nitrogens with zero attached hydrogens (tertiary/aromatic N) is 1. The average Bonchev–Trinajstić information content (AvgIpc) is 2.89. The monoisotopic (exact) mass is 384 g/mol. The van der Waals surface area contributed by atoms with Crippen molar-refractivity contribution < 1.29 is 4.39 Å². The van der Waals surface area contributed by atoms with Gasteiger partial charge in [-0.2, -0.15) is 0 Å². The van der Waals surface area contributed by atoms with Crippen LogP contribution < -0.4 is 0 Å². The zero-order valence-corrected chi connectivity index (χ0v) is 15.0. The van der Waals surface area contributed by atoms with Gasteiger partial charge >= 0.3 is 0 Å². The van der Waals surface area contributed by atoms with Crippen molar-refractivity contribution in [2.75, 3.05) is 0 Å². The number of aromatic nitrogens is 2. The molecule has 6 heteroatoms. The van der Waals surface area contributed by atoms with E-state index in [9.17, 15) is 4.39 Å². The van der Waals surface area contributed by atoms with Crippen molar-refractivity contribution in [3.63, 3.8) is 0 Å². The maximum atomic E-state index is 13.9. The molecule has 21 heavy (non-hydrogen) atoms. The summed E-state index contributed by atoms with van der Waals surface area (Å²) in [5.41, 5.74) is 2.86. The van der Waals surface area contributed by atoms with Gasteiger partial charge in [0.25, 0.3) is 0 Å². The molecule has 0 aliphatic carbocycles. The number of H-pyrrole nitrogens is 1. The summed E-state index contributed by atoms with van der Waals surface area (Å²) >= 11 is 10.4. The van der Waals surface area contributed by atoms with Gasteiger partial charge < -0.3 is 9.55 Å². The molecule has 1 aromatic carbocycles. The Morgan fingerprint density at radius 2 is 2.05 bits per heavy atom. The predicted molar refractivity (Wildman–Crippen MR) is 92.4 cm³/mol. The smallest absolute Gasteiger partial charge is 0.178 e. The Morgan fingerprint density at radius 3 is 2.67 bits per heavy atom. The first-order valence-electron chi connectivity index (χ1n) is 6.54. The third kappa shape index (κ3) is 2.49. The van der Waals surface area contributed by atoms with E-state index in [4.69, 9.17) is 12.2 Å². The molecule has 0 radical (unpaired) electrons. The number of nitrogens with one attached hydrogen (secondary N) is 1. The number of rotatable bonds is 2. The van der Waals surface area contributed by atoms with Gasteiger partial charge in [-0.25, -0.2) is 4.39 Å². The molecule has 3 aromatic rings. The van der Waals surface area contributed by atoms with E-state index in [2.05, 4.69) is 47.8 Å². The van der Waals surface area contributed by atoms with Crippen LogP contribution in [0.1, 0.15) is 28.3 Å². The summed E-state index contributed by atoms with van der Waals surface area (Å²) < 4.78 is 16.9. The number of benzene rings is 1. The number of hydrogen-bond donors (Lipinski definition) is 1. The van der Waals surface area contributed by atoms with Gasteiger partial charge in [0.1, 0.15) is 5.82 Å². The summed E-state index contributed by atoms with van der Waals surface area (Å²) in [6, 6.07) is 5.50. The minimum Gasteiger partial charge on any atom is -0.331 e. The Labute approximate surface area is 139 Å². The number of halogens is 2. The molecule has 0 aliphatic rings. The fourth-order valence-electron chi connectivity index (χ4n) is 2.71. The van der Waals surface area contributed by atoms with Gasteiger partial charge in [0.05, 0.1) is 21.5 Å². The van der Waals surface area contributed by atoms with Gasteiger partial charge in [-0.1, -0.05) is 0 Å². The van der Waals surface area contributed by atoms with Crippen LogP contribution in [-0.4, -0.2) is 9.55 Å². The first kappa shape index (κ1) is 14.9. The number of fused-ring (bicyclic) bond motifs is 1. The van der Waals surface area contributed by atoms with Crippen LogP contribution >= 0.6 is 39.5 Å². The van der Waals surface area contributed by atoms with Gasteiger partial charge in [-0.15, -0.1) is 11.3 Å². The van der Waals surface area contributed by atoms with Crippen LogP contribution in [0, 0.1) is 24.4 Å². The van der Waals surface area contributed by atoms with E-state index in [1.54, 1.807) is 17.4 Å². The maximum Gasteiger partial charge on any atom is 0.178 e. The summed E-state index contributed by atoms with van der Waals surface area (Å²) in [6.07, 6.45) is 0. The van der Waals surface area contributed by atoms with Crippen LogP contribution in [-0.2, 0) is 0 Å². The van der Waals surface area contributed by atoms with Crippen molar-refractivity contribution in [3.05, 3.63) is 48.6 Å². The topological polar surface area (TPSA) is 20.7 Å². The first-order chi connectivity index (χ1) is 9.88. The van der Waals surface area contributed by atoms with Crippen molar-refractivity contribution in [2.24, 2.45) is 0 Å². The van der Waals surface area contributed by atoms with Gasteiger partial charge in [0, 0.05) is 15.8 Å². The highest BCUT2D eigenvalue weighted by Crippen LogP contribution is 2.32. The molecule has 1 unspecified atom stereocenters. The lowest BCUT2D eigenvalue weighted by Gasteiger charge is -2.15. The molecule has 0 saturated heterocycles. The highest BCUT2D eigenvalue weighted by Gasteiger charge is 2.17. The first-order valence-corrected chi connectivity index (χ1v) is 8.56. The number of thiophene rings is 1. The van der Waals surface area contributed by atoms with Crippen LogP contribution in [0.3, 0.4) is 0 Å². The number of aromatic amines is 1. The van der Waals surface area contributed by atoms with Crippen LogP contribution in [0.5, 0.6) is 0 Å². The van der Waals surface area contributed by atoms with Crippen LogP contribution in [0.25, 0.3) is 11.0 Å². The normalized spacial score (nSPS) is 13.0. The lowest BCUT2D eigenvalue weighted by molar-refractivity contribution is 0.616. The molecule has 0 spiro atoms. The van der Waals surface area contributed by atoms with Gasteiger partial charge in [-0.3, -0.25) is 0 Å². The summed E-state index contributed by atoms with van der Waals surface area (Å²) in [5.74, 6) is -0.282. The van der Waals surface area contributed by atoms with Crippen molar-refractivity contribution in [1.82, 2.24) is 9.55 Å². The van der Waals surface area contributed by atoms with E-state index < -0.39 is 0 Å². The summed E-state index contributed by atoms with van der Waals surface area (Å²) in [7, 11) is 0. The Hall–Kier alpha value is -0.980. The number of imidazole rings is 1. The molecule has 0 aliphatic heterocycles. The van der Waals surface area contributed by atoms with E-state index in [0.717, 1.165) is 11.0 Å². The minimum atomic E-state index is -0.282. The zero-order valence-electron chi connectivity index (χ0n) is 11.8. The van der Waals surface area contributed by atoms with Gasteiger partial charge in [0.15, 0.2) is 4.77 Å². The molecular weight excluding hydrogens is 371 g/mol. The van der Waals surface area contributed by atoms with E-state index in [1.165, 1.54) is 21.4 Å². The second-order valence-electron chi connectivity index (χ2n) is 5.13. The van der Waals surface area contributed by atoms with Crippen molar-refractivity contribution in [2.45, 2.75) is 26.8 Å². The molecule has 3 rings (SSSR count). The lowest BCUT2D eigenvalue weighted by atomic mass is 10.1. The maximum absolute atomic E-state index is 13.9. The van der Waals surface area contributed by atoms with Crippen LogP contribution in [0.15, 0.2) is 22.7 Å². The molecule has 110 valence electrons. The quantitative estimate of drug-likeness (QED) is 0.546. The number of aryl methyl sites for hydroxylation is 2. The van der Waals surface area contributed by atoms with Crippen LogP contribution in [0.4, 0.5) is 4.39 Å². The molecule has 2 aromatic heterocycles. The summed E-state index contributed by atoms with van der Waals surface area (Å²) in [4.78, 5) is 5.70. The number of hydrogen-bond acceptors (Lipinski definition) is 2.